The zero-order chi connectivity index (χ0) is 16.2. The SMILES string of the molecule is CN(C)[C@@H](C(=O)N1CCC[C@H](n2ccnc2)C1)c1ccccc1. The van der Waals surface area contributed by atoms with Gasteiger partial charge in [-0.15, -0.1) is 0 Å². The Kier molecular flexibility index (Phi) is 4.76. The molecule has 5 heteroatoms. The molecule has 23 heavy (non-hydrogen) atoms. The van der Waals surface area contributed by atoms with Crippen molar-refractivity contribution in [1.29, 1.82) is 0 Å². The average molecular weight is 312 g/mol. The van der Waals surface area contributed by atoms with Crippen molar-refractivity contribution in [2.24, 2.45) is 0 Å². The molecule has 1 saturated heterocycles. The standard InChI is InChI=1S/C18H24N4O/c1-20(2)17(15-7-4-3-5-8-15)18(23)21-11-6-9-16(13-21)22-12-10-19-14-22/h3-5,7-8,10,12,14,16-17H,6,9,11,13H2,1-2H3/t16-,17+/m0/s1. The number of likely N-dealkylation sites (N-methyl/N-ethyl adjacent to an activating group) is 1. The number of carbonyl (C=O) groups excluding carboxylic acids is 1. The maximum Gasteiger partial charge on any atom is 0.244 e. The van der Waals surface area contributed by atoms with Crippen molar-refractivity contribution < 1.29 is 4.79 Å². The van der Waals surface area contributed by atoms with Crippen LogP contribution in [0.15, 0.2) is 49.1 Å². The van der Waals surface area contributed by atoms with E-state index in [1.54, 1.807) is 6.20 Å². The summed E-state index contributed by atoms with van der Waals surface area (Å²) in [6.07, 6.45) is 7.76. The van der Waals surface area contributed by atoms with Gasteiger partial charge in [0.15, 0.2) is 0 Å². The third kappa shape index (κ3) is 3.45. The third-order valence-corrected chi connectivity index (χ3v) is 4.52. The largest absolute Gasteiger partial charge is 0.339 e. The van der Waals surface area contributed by atoms with E-state index in [2.05, 4.69) is 9.55 Å². The van der Waals surface area contributed by atoms with Gasteiger partial charge in [-0.05, 0) is 32.5 Å². The zero-order valence-corrected chi connectivity index (χ0v) is 13.8. The highest BCUT2D eigenvalue weighted by Gasteiger charge is 2.31. The quantitative estimate of drug-likeness (QED) is 0.870. The van der Waals surface area contributed by atoms with E-state index in [1.165, 1.54) is 0 Å². The highest BCUT2D eigenvalue weighted by molar-refractivity contribution is 5.83. The van der Waals surface area contributed by atoms with Gasteiger partial charge in [0, 0.05) is 25.5 Å². The molecule has 0 spiro atoms. The number of aromatic nitrogens is 2. The molecule has 1 fully saturated rings. The number of amides is 1. The Morgan fingerprint density at radius 3 is 2.74 bits per heavy atom. The molecule has 2 atom stereocenters. The molecule has 1 aromatic heterocycles. The fourth-order valence-corrected chi connectivity index (χ4v) is 3.35. The van der Waals surface area contributed by atoms with E-state index in [0.29, 0.717) is 6.04 Å². The second-order valence-electron chi connectivity index (χ2n) is 6.37. The van der Waals surface area contributed by atoms with Crippen LogP contribution < -0.4 is 0 Å². The van der Waals surface area contributed by atoms with Gasteiger partial charge in [0.05, 0.1) is 12.4 Å². The van der Waals surface area contributed by atoms with Gasteiger partial charge in [-0.25, -0.2) is 4.98 Å². The first-order valence-corrected chi connectivity index (χ1v) is 8.14. The molecule has 0 bridgehead atoms. The second-order valence-corrected chi connectivity index (χ2v) is 6.37. The second kappa shape index (κ2) is 6.96. The normalized spacial score (nSPS) is 19.8. The average Bonchev–Trinajstić information content (AvgIpc) is 3.10. The fraction of sp³-hybridized carbons (Fsp3) is 0.444. The third-order valence-electron chi connectivity index (χ3n) is 4.52. The van der Waals surface area contributed by atoms with Crippen LogP contribution in [0.4, 0.5) is 0 Å². The van der Waals surface area contributed by atoms with Crippen molar-refractivity contribution in [2.75, 3.05) is 27.2 Å². The Balaban J connectivity index is 1.77. The van der Waals surface area contributed by atoms with E-state index < -0.39 is 0 Å². The van der Waals surface area contributed by atoms with Gasteiger partial charge in [-0.3, -0.25) is 9.69 Å². The summed E-state index contributed by atoms with van der Waals surface area (Å²) in [4.78, 5) is 21.2. The summed E-state index contributed by atoms with van der Waals surface area (Å²) in [5, 5.41) is 0. The van der Waals surface area contributed by atoms with Crippen molar-refractivity contribution in [2.45, 2.75) is 24.9 Å². The predicted octanol–water partition coefficient (Wildman–Crippen LogP) is 2.35. The van der Waals surface area contributed by atoms with Crippen LogP contribution >= 0.6 is 0 Å². The molecule has 0 unspecified atom stereocenters. The first-order chi connectivity index (χ1) is 11.2. The minimum absolute atomic E-state index is 0.186. The Morgan fingerprint density at radius 2 is 2.09 bits per heavy atom. The zero-order valence-electron chi connectivity index (χ0n) is 13.8. The highest BCUT2D eigenvalue weighted by Crippen LogP contribution is 2.26. The maximum absolute atomic E-state index is 13.1. The highest BCUT2D eigenvalue weighted by atomic mass is 16.2. The number of benzene rings is 1. The van der Waals surface area contributed by atoms with Crippen LogP contribution in [-0.2, 0) is 4.79 Å². The number of rotatable bonds is 4. The molecule has 0 saturated carbocycles. The lowest BCUT2D eigenvalue weighted by atomic mass is 10.0. The van der Waals surface area contributed by atoms with Crippen molar-refractivity contribution in [3.63, 3.8) is 0 Å². The fourth-order valence-electron chi connectivity index (χ4n) is 3.35. The van der Waals surface area contributed by atoms with Gasteiger partial charge >= 0.3 is 0 Å². The lowest BCUT2D eigenvalue weighted by Gasteiger charge is -2.37. The minimum atomic E-state index is -0.224. The number of hydrogen-bond donors (Lipinski definition) is 0. The molecule has 2 aromatic rings. The summed E-state index contributed by atoms with van der Waals surface area (Å²) < 4.78 is 2.12. The molecule has 0 radical (unpaired) electrons. The van der Waals surface area contributed by atoms with E-state index in [0.717, 1.165) is 31.5 Å². The van der Waals surface area contributed by atoms with E-state index in [9.17, 15) is 4.79 Å². The number of imidazole rings is 1. The number of carbonyl (C=O) groups is 1. The minimum Gasteiger partial charge on any atom is -0.339 e. The van der Waals surface area contributed by atoms with Gasteiger partial charge in [0.1, 0.15) is 6.04 Å². The van der Waals surface area contributed by atoms with Crippen molar-refractivity contribution in [3.05, 3.63) is 54.6 Å². The van der Waals surface area contributed by atoms with Gasteiger partial charge in [0.2, 0.25) is 5.91 Å². The van der Waals surface area contributed by atoms with E-state index in [-0.39, 0.29) is 11.9 Å². The molecule has 1 amide bonds. The van der Waals surface area contributed by atoms with Crippen LogP contribution in [0.5, 0.6) is 0 Å². The topological polar surface area (TPSA) is 41.4 Å². The molecular weight excluding hydrogens is 288 g/mol. The Morgan fingerprint density at radius 1 is 1.30 bits per heavy atom. The smallest absolute Gasteiger partial charge is 0.244 e. The molecule has 1 aliphatic rings. The lowest BCUT2D eigenvalue weighted by molar-refractivity contribution is -0.138. The number of likely N-dealkylation sites (tertiary alicyclic amines) is 1. The Labute approximate surface area is 137 Å². The molecule has 2 heterocycles. The van der Waals surface area contributed by atoms with E-state index in [1.807, 2.05) is 66.8 Å². The van der Waals surface area contributed by atoms with Crippen LogP contribution in [0.2, 0.25) is 0 Å². The van der Waals surface area contributed by atoms with Crippen LogP contribution in [0.3, 0.4) is 0 Å². The summed E-state index contributed by atoms with van der Waals surface area (Å²) in [5.41, 5.74) is 1.05. The summed E-state index contributed by atoms with van der Waals surface area (Å²) in [5.74, 6) is 0.186. The van der Waals surface area contributed by atoms with Gasteiger partial charge < -0.3 is 9.47 Å². The summed E-state index contributed by atoms with van der Waals surface area (Å²) in [6.45, 7) is 1.59. The van der Waals surface area contributed by atoms with E-state index >= 15 is 0 Å². The molecule has 5 nitrogen and oxygen atoms in total. The first kappa shape index (κ1) is 15.7. The monoisotopic (exact) mass is 312 g/mol. The first-order valence-electron chi connectivity index (χ1n) is 8.14. The van der Waals surface area contributed by atoms with Crippen LogP contribution in [0, 0.1) is 0 Å². The van der Waals surface area contributed by atoms with E-state index in [4.69, 9.17) is 0 Å². The molecule has 1 aromatic carbocycles. The van der Waals surface area contributed by atoms with Crippen molar-refractivity contribution in [3.8, 4) is 0 Å². The van der Waals surface area contributed by atoms with Gasteiger partial charge in [-0.1, -0.05) is 30.3 Å². The van der Waals surface area contributed by atoms with Crippen molar-refractivity contribution >= 4 is 5.91 Å². The van der Waals surface area contributed by atoms with Gasteiger partial charge in [0.25, 0.3) is 0 Å². The maximum atomic E-state index is 13.1. The lowest BCUT2D eigenvalue weighted by Crippen LogP contribution is -2.45. The Bertz CT molecular complexity index is 624. The van der Waals surface area contributed by atoms with Crippen LogP contribution in [0.1, 0.15) is 30.5 Å². The van der Waals surface area contributed by atoms with Crippen LogP contribution in [-0.4, -0.2) is 52.4 Å². The molecular formula is C18H24N4O. The number of hydrogen-bond acceptors (Lipinski definition) is 3. The summed E-state index contributed by atoms with van der Waals surface area (Å²) in [6, 6.07) is 10.1. The molecule has 1 aliphatic heterocycles. The predicted molar refractivity (Wildman–Crippen MR) is 89.9 cm³/mol. The van der Waals surface area contributed by atoms with Crippen molar-refractivity contribution in [1.82, 2.24) is 19.4 Å². The summed E-state index contributed by atoms with van der Waals surface area (Å²) in [7, 11) is 3.93. The molecule has 0 aliphatic carbocycles. The molecule has 122 valence electrons. The number of nitrogens with zero attached hydrogens (tertiary/aromatic N) is 4. The van der Waals surface area contributed by atoms with Crippen LogP contribution in [0.25, 0.3) is 0 Å². The molecule has 0 N–H and O–H groups in total. The number of piperidine rings is 1. The van der Waals surface area contributed by atoms with Gasteiger partial charge in [-0.2, -0.15) is 0 Å². The summed E-state index contributed by atoms with van der Waals surface area (Å²) >= 11 is 0. The Hall–Kier alpha value is -2.14. The molecule has 3 rings (SSSR count).